The Balaban J connectivity index is 1.47. The second-order valence-electron chi connectivity index (χ2n) is 8.89. The highest BCUT2D eigenvalue weighted by molar-refractivity contribution is 8.00. The van der Waals surface area contributed by atoms with Crippen LogP contribution in [-0.4, -0.2) is 28.0 Å². The van der Waals surface area contributed by atoms with Crippen LogP contribution in [-0.2, 0) is 9.59 Å². The third-order valence-corrected chi connectivity index (χ3v) is 6.95. The number of hydrogen-bond donors (Lipinski definition) is 3. The molecule has 9 heteroatoms. The van der Waals surface area contributed by atoms with Crippen molar-refractivity contribution in [3.05, 3.63) is 125 Å². The number of aryl methyl sites for hydroxylation is 1. The molecule has 0 aliphatic heterocycles. The van der Waals surface area contributed by atoms with Crippen molar-refractivity contribution in [2.75, 3.05) is 10.6 Å². The Morgan fingerprint density at radius 1 is 0.900 bits per heavy atom. The van der Waals surface area contributed by atoms with Crippen LogP contribution in [0.25, 0.3) is 6.08 Å². The number of rotatable bonds is 9. The first-order valence-electron chi connectivity index (χ1n) is 12.4. The average molecular weight is 571 g/mol. The van der Waals surface area contributed by atoms with E-state index in [0.717, 1.165) is 16.0 Å². The summed E-state index contributed by atoms with van der Waals surface area (Å²) >= 11 is 7.19. The average Bonchev–Trinajstić information content (AvgIpc) is 2.94. The summed E-state index contributed by atoms with van der Waals surface area (Å²) in [5.41, 5.74) is 2.85. The molecule has 7 nitrogen and oxygen atoms in total. The van der Waals surface area contributed by atoms with Gasteiger partial charge in [-0.15, -0.1) is 11.8 Å². The highest BCUT2D eigenvalue weighted by atomic mass is 35.5. The first kappa shape index (κ1) is 28.6. The van der Waals surface area contributed by atoms with E-state index in [1.807, 2.05) is 43.3 Å². The van der Waals surface area contributed by atoms with Crippen LogP contribution in [0.3, 0.4) is 0 Å². The Bertz CT molecular complexity index is 1540. The van der Waals surface area contributed by atoms with Crippen LogP contribution in [0.4, 0.5) is 11.5 Å². The van der Waals surface area contributed by atoms with E-state index in [4.69, 9.17) is 11.6 Å². The second kappa shape index (κ2) is 13.6. The van der Waals surface area contributed by atoms with Crippen LogP contribution in [0.15, 0.2) is 108 Å². The minimum atomic E-state index is -0.479. The van der Waals surface area contributed by atoms with Crippen LogP contribution in [0.1, 0.15) is 28.4 Å². The molecular weight excluding hydrogens is 544 g/mol. The lowest BCUT2D eigenvalue weighted by Crippen LogP contribution is -2.30. The van der Waals surface area contributed by atoms with Gasteiger partial charge in [0.1, 0.15) is 11.5 Å². The molecule has 3 aromatic carbocycles. The standard InChI is InChI=1S/C31H27ClN4O3S/c1-20-8-6-9-22(16-20)17-27(35-30(38)23-10-4-3-5-11-23)31(39)34-25-12-7-13-26(18-25)40-21(2)29(37)36-28-15-14-24(32)19-33-28/h3-19,21H,1-2H3,(H,34,39)(H,35,38)(H,33,36,37)/b27-17+. The Labute approximate surface area is 242 Å². The van der Waals surface area contributed by atoms with Gasteiger partial charge in [-0.05, 0) is 68.0 Å². The van der Waals surface area contributed by atoms with E-state index in [9.17, 15) is 14.4 Å². The predicted molar refractivity (Wildman–Crippen MR) is 161 cm³/mol. The first-order chi connectivity index (χ1) is 19.3. The summed E-state index contributed by atoms with van der Waals surface area (Å²) in [6.45, 7) is 3.74. The van der Waals surface area contributed by atoms with Gasteiger partial charge in [0.05, 0.1) is 10.3 Å². The number of thioether (sulfide) groups is 1. The SMILES string of the molecule is Cc1cccc(/C=C(/NC(=O)c2ccccc2)C(=O)Nc2cccc(SC(C)C(=O)Nc3ccc(Cl)cn3)c2)c1. The van der Waals surface area contributed by atoms with Gasteiger partial charge in [0.2, 0.25) is 5.91 Å². The third kappa shape index (κ3) is 8.30. The van der Waals surface area contributed by atoms with Gasteiger partial charge in [-0.25, -0.2) is 4.98 Å². The summed E-state index contributed by atoms with van der Waals surface area (Å²) in [6.07, 6.45) is 3.10. The van der Waals surface area contributed by atoms with Crippen LogP contribution < -0.4 is 16.0 Å². The number of aromatic nitrogens is 1. The molecule has 4 rings (SSSR count). The number of nitrogens with one attached hydrogen (secondary N) is 3. The van der Waals surface area contributed by atoms with Crippen molar-refractivity contribution in [2.45, 2.75) is 24.0 Å². The van der Waals surface area contributed by atoms with E-state index in [2.05, 4.69) is 20.9 Å². The van der Waals surface area contributed by atoms with Crippen LogP contribution in [0.2, 0.25) is 5.02 Å². The summed E-state index contributed by atoms with van der Waals surface area (Å²) < 4.78 is 0. The van der Waals surface area contributed by atoms with E-state index < -0.39 is 17.1 Å². The summed E-state index contributed by atoms with van der Waals surface area (Å²) in [7, 11) is 0. The lowest BCUT2D eigenvalue weighted by atomic mass is 10.1. The van der Waals surface area contributed by atoms with E-state index in [1.54, 1.807) is 67.6 Å². The highest BCUT2D eigenvalue weighted by Gasteiger charge is 2.17. The second-order valence-corrected chi connectivity index (χ2v) is 10.7. The van der Waals surface area contributed by atoms with Crippen molar-refractivity contribution in [3.63, 3.8) is 0 Å². The number of benzene rings is 3. The largest absolute Gasteiger partial charge is 0.321 e. The van der Waals surface area contributed by atoms with Crippen molar-refractivity contribution >= 4 is 58.7 Å². The predicted octanol–water partition coefficient (Wildman–Crippen LogP) is 6.57. The Morgan fingerprint density at radius 3 is 2.40 bits per heavy atom. The molecule has 0 spiro atoms. The zero-order valence-electron chi connectivity index (χ0n) is 21.9. The van der Waals surface area contributed by atoms with Crippen molar-refractivity contribution < 1.29 is 14.4 Å². The van der Waals surface area contributed by atoms with Crippen LogP contribution in [0, 0.1) is 6.92 Å². The molecule has 0 saturated heterocycles. The molecule has 1 aromatic heterocycles. The smallest absolute Gasteiger partial charge is 0.272 e. The van der Waals surface area contributed by atoms with Gasteiger partial charge in [-0.3, -0.25) is 14.4 Å². The molecule has 1 atom stereocenters. The number of amides is 3. The van der Waals surface area contributed by atoms with Gasteiger partial charge in [-0.2, -0.15) is 0 Å². The topological polar surface area (TPSA) is 100 Å². The first-order valence-corrected chi connectivity index (χ1v) is 13.7. The van der Waals surface area contributed by atoms with E-state index in [0.29, 0.717) is 22.1 Å². The van der Waals surface area contributed by atoms with Gasteiger partial charge in [0, 0.05) is 22.3 Å². The number of halogens is 1. The molecule has 0 aliphatic carbocycles. The summed E-state index contributed by atoms with van der Waals surface area (Å²) in [6, 6.07) is 26.8. The van der Waals surface area contributed by atoms with Gasteiger partial charge >= 0.3 is 0 Å². The van der Waals surface area contributed by atoms with Crippen molar-refractivity contribution in [2.24, 2.45) is 0 Å². The van der Waals surface area contributed by atoms with Crippen molar-refractivity contribution in [1.82, 2.24) is 10.3 Å². The molecule has 3 amide bonds. The molecule has 40 heavy (non-hydrogen) atoms. The quantitative estimate of drug-likeness (QED) is 0.156. The fourth-order valence-electron chi connectivity index (χ4n) is 3.65. The van der Waals surface area contributed by atoms with Gasteiger partial charge in [0.15, 0.2) is 0 Å². The Morgan fingerprint density at radius 2 is 1.68 bits per heavy atom. The number of anilines is 2. The fraction of sp³-hybridized carbons (Fsp3) is 0.0968. The number of nitrogens with zero attached hydrogens (tertiary/aromatic N) is 1. The third-order valence-electron chi connectivity index (χ3n) is 5.63. The lowest BCUT2D eigenvalue weighted by molar-refractivity contribution is -0.115. The number of carbonyl (C=O) groups excluding carboxylic acids is 3. The van der Waals surface area contributed by atoms with Gasteiger partial charge in [0.25, 0.3) is 11.8 Å². The monoisotopic (exact) mass is 570 g/mol. The fourth-order valence-corrected chi connectivity index (χ4v) is 4.69. The maximum absolute atomic E-state index is 13.4. The molecule has 0 bridgehead atoms. The molecule has 0 radical (unpaired) electrons. The van der Waals surface area contributed by atoms with Crippen LogP contribution >= 0.6 is 23.4 Å². The van der Waals surface area contributed by atoms with Crippen LogP contribution in [0.5, 0.6) is 0 Å². The normalized spacial score (nSPS) is 11.8. The number of pyridine rings is 1. The molecule has 3 N–H and O–H groups in total. The molecule has 0 fully saturated rings. The molecule has 0 aliphatic rings. The molecule has 0 saturated carbocycles. The molecule has 1 heterocycles. The maximum atomic E-state index is 13.4. The Kier molecular flexibility index (Phi) is 9.72. The molecular formula is C31H27ClN4O3S. The van der Waals surface area contributed by atoms with Crippen molar-refractivity contribution in [3.8, 4) is 0 Å². The lowest BCUT2D eigenvalue weighted by Gasteiger charge is -2.14. The highest BCUT2D eigenvalue weighted by Crippen LogP contribution is 2.27. The molecule has 1 unspecified atom stereocenters. The zero-order chi connectivity index (χ0) is 28.5. The van der Waals surface area contributed by atoms with E-state index >= 15 is 0 Å². The zero-order valence-corrected chi connectivity index (χ0v) is 23.4. The van der Waals surface area contributed by atoms with Gasteiger partial charge < -0.3 is 16.0 Å². The minimum Gasteiger partial charge on any atom is -0.321 e. The van der Waals surface area contributed by atoms with Gasteiger partial charge in [-0.1, -0.05) is 65.7 Å². The number of carbonyl (C=O) groups is 3. The maximum Gasteiger partial charge on any atom is 0.272 e. The minimum absolute atomic E-state index is 0.0979. The summed E-state index contributed by atoms with van der Waals surface area (Å²) in [5, 5.41) is 8.42. The Hall–Kier alpha value is -4.40. The molecule has 202 valence electrons. The summed E-state index contributed by atoms with van der Waals surface area (Å²) in [4.78, 5) is 43.7. The van der Waals surface area contributed by atoms with E-state index in [1.165, 1.54) is 18.0 Å². The number of hydrogen-bond acceptors (Lipinski definition) is 5. The summed E-state index contributed by atoms with van der Waals surface area (Å²) in [5.74, 6) is -0.684. The van der Waals surface area contributed by atoms with E-state index in [-0.39, 0.29) is 11.6 Å². The molecule has 4 aromatic rings. The van der Waals surface area contributed by atoms with Crippen molar-refractivity contribution in [1.29, 1.82) is 0 Å².